The summed E-state index contributed by atoms with van der Waals surface area (Å²) in [5.41, 5.74) is 5.42. The lowest BCUT2D eigenvalue weighted by Gasteiger charge is -2.07. The van der Waals surface area contributed by atoms with Gasteiger partial charge in [0.25, 0.3) is 0 Å². The molecule has 0 rings (SSSR count). The first-order valence-electron chi connectivity index (χ1n) is 4.85. The molecule has 0 saturated carbocycles. The standard InChI is InChI=1S/C9H20N2O2S/c1-8(6-10)7-14(13)5-3-4-9(12)11-2/h8H,3-7,10H2,1-2H3,(H,11,12). The summed E-state index contributed by atoms with van der Waals surface area (Å²) in [6.07, 6.45) is 1.14. The van der Waals surface area contributed by atoms with Gasteiger partial charge in [-0.2, -0.15) is 0 Å². The molecule has 84 valence electrons. The molecule has 0 radical (unpaired) electrons. The van der Waals surface area contributed by atoms with Crippen LogP contribution in [0.4, 0.5) is 0 Å². The van der Waals surface area contributed by atoms with Crippen molar-refractivity contribution in [2.24, 2.45) is 11.7 Å². The van der Waals surface area contributed by atoms with E-state index in [1.165, 1.54) is 0 Å². The quantitative estimate of drug-likeness (QED) is 0.627. The van der Waals surface area contributed by atoms with E-state index < -0.39 is 10.8 Å². The Labute approximate surface area is 88.1 Å². The summed E-state index contributed by atoms with van der Waals surface area (Å²) in [6, 6.07) is 0. The Kier molecular flexibility index (Phi) is 7.70. The molecule has 14 heavy (non-hydrogen) atoms. The summed E-state index contributed by atoms with van der Waals surface area (Å²) in [7, 11) is 0.779. The third-order valence-electron chi connectivity index (χ3n) is 1.93. The van der Waals surface area contributed by atoms with Crippen LogP contribution in [0.15, 0.2) is 0 Å². The van der Waals surface area contributed by atoms with Crippen molar-refractivity contribution >= 4 is 16.7 Å². The van der Waals surface area contributed by atoms with Crippen LogP contribution >= 0.6 is 0 Å². The Balaban J connectivity index is 3.49. The first-order chi connectivity index (χ1) is 6.60. The van der Waals surface area contributed by atoms with Gasteiger partial charge in [0.05, 0.1) is 0 Å². The molecule has 0 aliphatic rings. The maximum atomic E-state index is 11.4. The van der Waals surface area contributed by atoms with Gasteiger partial charge in [-0.1, -0.05) is 6.92 Å². The fourth-order valence-corrected chi connectivity index (χ4v) is 2.39. The zero-order chi connectivity index (χ0) is 11.0. The van der Waals surface area contributed by atoms with Crippen LogP contribution in [-0.2, 0) is 15.6 Å². The maximum absolute atomic E-state index is 11.4. The summed E-state index contributed by atoms with van der Waals surface area (Å²) in [5.74, 6) is 1.55. The van der Waals surface area contributed by atoms with Crippen LogP contribution in [0.2, 0.25) is 0 Å². The molecule has 2 unspecified atom stereocenters. The van der Waals surface area contributed by atoms with Gasteiger partial charge in [-0.3, -0.25) is 9.00 Å². The molecule has 0 aliphatic carbocycles. The molecule has 3 N–H and O–H groups in total. The number of hydrogen-bond donors (Lipinski definition) is 2. The Morgan fingerprint density at radius 3 is 2.71 bits per heavy atom. The highest BCUT2D eigenvalue weighted by Crippen LogP contribution is 1.99. The third-order valence-corrected chi connectivity index (χ3v) is 3.61. The summed E-state index contributed by atoms with van der Waals surface area (Å²) < 4.78 is 11.4. The van der Waals surface area contributed by atoms with Crippen molar-refractivity contribution in [2.45, 2.75) is 19.8 Å². The van der Waals surface area contributed by atoms with Gasteiger partial charge >= 0.3 is 0 Å². The Bertz CT molecular complexity index is 197. The van der Waals surface area contributed by atoms with Crippen LogP contribution in [0.3, 0.4) is 0 Å². The van der Waals surface area contributed by atoms with Crippen LogP contribution in [0.25, 0.3) is 0 Å². The van der Waals surface area contributed by atoms with Gasteiger partial charge in [0.1, 0.15) is 0 Å². The van der Waals surface area contributed by atoms with Crippen LogP contribution in [0, 0.1) is 5.92 Å². The topological polar surface area (TPSA) is 72.2 Å². The predicted molar refractivity (Wildman–Crippen MR) is 59.4 cm³/mol. The molecule has 0 fully saturated rings. The first kappa shape index (κ1) is 13.6. The molecule has 0 aromatic rings. The van der Waals surface area contributed by atoms with E-state index in [9.17, 15) is 9.00 Å². The minimum Gasteiger partial charge on any atom is -0.359 e. The summed E-state index contributed by atoms with van der Waals surface area (Å²) in [6.45, 7) is 2.55. The highest BCUT2D eigenvalue weighted by molar-refractivity contribution is 7.84. The SMILES string of the molecule is CNC(=O)CCCS(=O)CC(C)CN. The number of nitrogens with one attached hydrogen (secondary N) is 1. The Morgan fingerprint density at radius 1 is 1.57 bits per heavy atom. The van der Waals surface area contributed by atoms with Crippen molar-refractivity contribution in [3.63, 3.8) is 0 Å². The van der Waals surface area contributed by atoms with Gasteiger partial charge in [-0.05, 0) is 18.9 Å². The number of hydrogen-bond acceptors (Lipinski definition) is 3. The zero-order valence-corrected chi connectivity index (χ0v) is 9.73. The highest BCUT2D eigenvalue weighted by atomic mass is 32.2. The lowest BCUT2D eigenvalue weighted by atomic mass is 10.2. The van der Waals surface area contributed by atoms with E-state index in [1.807, 2.05) is 6.92 Å². The van der Waals surface area contributed by atoms with Gasteiger partial charge in [-0.25, -0.2) is 0 Å². The number of rotatable bonds is 7. The molecule has 0 spiro atoms. The van der Waals surface area contributed by atoms with Crippen molar-refractivity contribution < 1.29 is 9.00 Å². The molecule has 4 nitrogen and oxygen atoms in total. The molecule has 0 aromatic carbocycles. The average Bonchev–Trinajstić information content (AvgIpc) is 2.17. The van der Waals surface area contributed by atoms with Crippen molar-refractivity contribution in [1.29, 1.82) is 0 Å². The lowest BCUT2D eigenvalue weighted by molar-refractivity contribution is -0.120. The molecule has 2 atom stereocenters. The number of nitrogens with two attached hydrogens (primary N) is 1. The molecule has 0 bridgehead atoms. The number of amides is 1. The minimum absolute atomic E-state index is 0.00822. The molecule has 1 amide bonds. The van der Waals surface area contributed by atoms with E-state index >= 15 is 0 Å². The summed E-state index contributed by atoms with van der Waals surface area (Å²) in [5, 5.41) is 2.53. The van der Waals surface area contributed by atoms with Crippen molar-refractivity contribution in [2.75, 3.05) is 25.1 Å². The van der Waals surface area contributed by atoms with E-state index in [0.717, 1.165) is 0 Å². The van der Waals surface area contributed by atoms with E-state index in [0.29, 0.717) is 36.8 Å². The van der Waals surface area contributed by atoms with Crippen molar-refractivity contribution in [3.05, 3.63) is 0 Å². The van der Waals surface area contributed by atoms with E-state index in [4.69, 9.17) is 5.73 Å². The van der Waals surface area contributed by atoms with Gasteiger partial charge in [0.15, 0.2) is 0 Å². The van der Waals surface area contributed by atoms with Crippen LogP contribution < -0.4 is 11.1 Å². The van der Waals surface area contributed by atoms with E-state index in [-0.39, 0.29) is 5.91 Å². The average molecular weight is 220 g/mol. The largest absolute Gasteiger partial charge is 0.359 e. The van der Waals surface area contributed by atoms with Crippen molar-refractivity contribution in [3.8, 4) is 0 Å². The smallest absolute Gasteiger partial charge is 0.219 e. The van der Waals surface area contributed by atoms with Gasteiger partial charge in [-0.15, -0.1) is 0 Å². The highest BCUT2D eigenvalue weighted by Gasteiger charge is 2.06. The maximum Gasteiger partial charge on any atom is 0.219 e. The fourth-order valence-electron chi connectivity index (χ4n) is 0.987. The monoisotopic (exact) mass is 220 g/mol. The molecular formula is C9H20N2O2S. The second kappa shape index (κ2) is 7.94. The van der Waals surface area contributed by atoms with Gasteiger partial charge in [0, 0.05) is 35.8 Å². The molecule has 5 heteroatoms. The second-order valence-corrected chi connectivity index (χ2v) is 5.05. The van der Waals surface area contributed by atoms with Crippen LogP contribution in [0.5, 0.6) is 0 Å². The van der Waals surface area contributed by atoms with E-state index in [1.54, 1.807) is 7.05 Å². The normalized spacial score (nSPS) is 14.8. The Hall–Kier alpha value is -0.420. The van der Waals surface area contributed by atoms with E-state index in [2.05, 4.69) is 5.32 Å². The number of carbonyl (C=O) groups excluding carboxylic acids is 1. The van der Waals surface area contributed by atoms with Crippen LogP contribution in [0.1, 0.15) is 19.8 Å². The molecule has 0 aromatic heterocycles. The minimum atomic E-state index is -0.828. The zero-order valence-electron chi connectivity index (χ0n) is 8.91. The molecule has 0 aliphatic heterocycles. The second-order valence-electron chi connectivity index (χ2n) is 3.43. The molecular weight excluding hydrogens is 200 g/mol. The number of carbonyl (C=O) groups is 1. The van der Waals surface area contributed by atoms with Gasteiger partial charge in [0.2, 0.25) is 5.91 Å². The molecule has 0 heterocycles. The molecule has 0 saturated heterocycles. The predicted octanol–water partition coefficient (Wildman–Crippen LogP) is -0.144. The Morgan fingerprint density at radius 2 is 2.21 bits per heavy atom. The van der Waals surface area contributed by atoms with Crippen LogP contribution in [-0.4, -0.2) is 35.2 Å². The summed E-state index contributed by atoms with van der Waals surface area (Å²) in [4.78, 5) is 10.8. The van der Waals surface area contributed by atoms with Gasteiger partial charge < -0.3 is 11.1 Å². The fraction of sp³-hybridized carbons (Fsp3) is 0.889. The third kappa shape index (κ3) is 7.03. The lowest BCUT2D eigenvalue weighted by Crippen LogP contribution is -2.21. The van der Waals surface area contributed by atoms with Crippen molar-refractivity contribution in [1.82, 2.24) is 5.32 Å². The summed E-state index contributed by atoms with van der Waals surface area (Å²) >= 11 is 0. The first-order valence-corrected chi connectivity index (χ1v) is 6.34.